The Kier molecular flexibility index (Phi) is 4.27. The number of imidazole rings is 1. The maximum absolute atomic E-state index is 12.4. The van der Waals surface area contributed by atoms with Crippen LogP contribution in [0.1, 0.15) is 28.9 Å². The number of rotatable bonds is 4. The molecule has 0 unspecified atom stereocenters. The Balaban J connectivity index is 1.27. The molecular formula is C17H18N4O3S. The molecule has 4 rings (SSSR count). The van der Waals surface area contributed by atoms with E-state index in [0.29, 0.717) is 38.0 Å². The van der Waals surface area contributed by atoms with Crippen molar-refractivity contribution in [2.75, 3.05) is 13.1 Å². The zero-order valence-electron chi connectivity index (χ0n) is 13.6. The van der Waals surface area contributed by atoms with Crippen molar-refractivity contribution in [3.63, 3.8) is 0 Å². The summed E-state index contributed by atoms with van der Waals surface area (Å²) in [6.45, 7) is 1.60. The van der Waals surface area contributed by atoms with Crippen LogP contribution in [0.5, 0.6) is 0 Å². The molecule has 0 aromatic carbocycles. The quantitative estimate of drug-likeness (QED) is 0.775. The van der Waals surface area contributed by atoms with Gasteiger partial charge in [0.2, 0.25) is 5.91 Å². The predicted octanol–water partition coefficient (Wildman–Crippen LogP) is 2.16. The Morgan fingerprint density at radius 2 is 2.20 bits per heavy atom. The number of nitrogens with zero attached hydrogens (tertiary/aromatic N) is 3. The van der Waals surface area contributed by atoms with Crippen molar-refractivity contribution in [3.05, 3.63) is 47.6 Å². The Morgan fingerprint density at radius 3 is 2.92 bits per heavy atom. The lowest BCUT2D eigenvalue weighted by atomic mass is 9.95. The van der Waals surface area contributed by atoms with Crippen molar-refractivity contribution in [1.29, 1.82) is 0 Å². The second-order valence-corrected chi connectivity index (χ2v) is 6.99. The van der Waals surface area contributed by atoms with Crippen molar-refractivity contribution in [1.82, 2.24) is 19.6 Å². The third-order valence-electron chi connectivity index (χ3n) is 4.51. The average Bonchev–Trinajstić information content (AvgIpc) is 3.36. The fourth-order valence-electron chi connectivity index (χ4n) is 3.10. The van der Waals surface area contributed by atoms with Gasteiger partial charge in [0.05, 0.1) is 24.1 Å². The first-order valence-electron chi connectivity index (χ1n) is 8.21. The molecule has 0 spiro atoms. The van der Waals surface area contributed by atoms with E-state index in [1.54, 1.807) is 22.3 Å². The van der Waals surface area contributed by atoms with Crippen LogP contribution >= 0.6 is 11.3 Å². The third-order valence-corrected chi connectivity index (χ3v) is 5.28. The number of aromatic nitrogens is 2. The number of carbonyl (C=O) groups excluding carboxylic acids is 2. The molecule has 7 nitrogen and oxygen atoms in total. The molecule has 3 aromatic heterocycles. The standard InChI is InChI=1S/C17H18N4O3S/c22-15(18-9-14-10-21-6-8-25-17(21)19-14)12-1-4-20(5-2-12)16(23)13-3-7-24-11-13/h3,6-8,10-12H,1-2,4-5,9H2,(H,18,22). The van der Waals surface area contributed by atoms with Crippen LogP contribution in [0, 0.1) is 5.92 Å². The molecule has 0 aliphatic carbocycles. The van der Waals surface area contributed by atoms with E-state index in [1.807, 2.05) is 22.2 Å². The van der Waals surface area contributed by atoms with E-state index < -0.39 is 0 Å². The summed E-state index contributed by atoms with van der Waals surface area (Å²) in [5.41, 5.74) is 1.41. The van der Waals surface area contributed by atoms with Gasteiger partial charge in [0.1, 0.15) is 6.26 Å². The molecule has 3 aromatic rings. The smallest absolute Gasteiger partial charge is 0.257 e. The van der Waals surface area contributed by atoms with Crippen LogP contribution in [0.25, 0.3) is 4.96 Å². The molecule has 25 heavy (non-hydrogen) atoms. The van der Waals surface area contributed by atoms with E-state index in [-0.39, 0.29) is 17.7 Å². The van der Waals surface area contributed by atoms with Crippen molar-refractivity contribution < 1.29 is 14.0 Å². The van der Waals surface area contributed by atoms with Crippen molar-refractivity contribution in [2.45, 2.75) is 19.4 Å². The van der Waals surface area contributed by atoms with Gasteiger partial charge in [-0.1, -0.05) is 0 Å². The molecule has 1 aliphatic heterocycles. The molecule has 0 atom stereocenters. The lowest BCUT2D eigenvalue weighted by Crippen LogP contribution is -2.42. The minimum absolute atomic E-state index is 0.0340. The fraction of sp³-hybridized carbons (Fsp3) is 0.353. The number of nitrogens with one attached hydrogen (secondary N) is 1. The van der Waals surface area contributed by atoms with Gasteiger partial charge in [0, 0.05) is 36.8 Å². The molecule has 4 heterocycles. The molecule has 1 fully saturated rings. The third kappa shape index (κ3) is 3.30. The van der Waals surface area contributed by atoms with Crippen molar-refractivity contribution in [2.24, 2.45) is 5.92 Å². The Bertz CT molecular complexity index is 846. The van der Waals surface area contributed by atoms with Gasteiger partial charge in [0.15, 0.2) is 4.96 Å². The lowest BCUT2D eigenvalue weighted by molar-refractivity contribution is -0.126. The van der Waals surface area contributed by atoms with Crippen molar-refractivity contribution in [3.8, 4) is 0 Å². The fourth-order valence-corrected chi connectivity index (χ4v) is 3.82. The van der Waals surface area contributed by atoms with E-state index in [2.05, 4.69) is 10.3 Å². The SMILES string of the molecule is O=C(NCc1cn2ccsc2n1)C1CCN(C(=O)c2ccoc2)CC1. The second-order valence-electron chi connectivity index (χ2n) is 6.12. The number of thiazole rings is 1. The monoisotopic (exact) mass is 358 g/mol. The van der Waals surface area contributed by atoms with Crippen LogP contribution in [0.15, 0.2) is 40.8 Å². The second kappa shape index (κ2) is 6.72. The van der Waals surface area contributed by atoms with Gasteiger partial charge in [-0.05, 0) is 18.9 Å². The first kappa shape index (κ1) is 15.9. The molecular weight excluding hydrogens is 340 g/mol. The van der Waals surface area contributed by atoms with E-state index in [0.717, 1.165) is 10.7 Å². The molecule has 1 aliphatic rings. The number of hydrogen-bond acceptors (Lipinski definition) is 5. The van der Waals surface area contributed by atoms with Gasteiger partial charge in [-0.15, -0.1) is 11.3 Å². The van der Waals surface area contributed by atoms with E-state index in [1.165, 1.54) is 12.5 Å². The number of furan rings is 1. The number of hydrogen-bond donors (Lipinski definition) is 1. The summed E-state index contributed by atoms with van der Waals surface area (Å²) in [6.07, 6.45) is 8.18. The maximum atomic E-state index is 12.4. The normalized spacial score (nSPS) is 15.6. The molecule has 2 amide bonds. The number of carbonyl (C=O) groups is 2. The first-order valence-corrected chi connectivity index (χ1v) is 9.09. The number of amides is 2. The van der Waals surface area contributed by atoms with E-state index >= 15 is 0 Å². The highest BCUT2D eigenvalue weighted by Crippen LogP contribution is 2.20. The lowest BCUT2D eigenvalue weighted by Gasteiger charge is -2.31. The largest absolute Gasteiger partial charge is 0.472 e. The average molecular weight is 358 g/mol. The Labute approximate surface area is 148 Å². The highest BCUT2D eigenvalue weighted by atomic mass is 32.1. The minimum atomic E-state index is -0.0582. The first-order chi connectivity index (χ1) is 12.2. The maximum Gasteiger partial charge on any atom is 0.257 e. The highest BCUT2D eigenvalue weighted by molar-refractivity contribution is 7.15. The zero-order valence-corrected chi connectivity index (χ0v) is 14.4. The molecule has 1 N–H and O–H groups in total. The molecule has 130 valence electrons. The summed E-state index contributed by atoms with van der Waals surface area (Å²) in [6, 6.07) is 1.66. The Hall–Kier alpha value is -2.61. The molecule has 1 saturated heterocycles. The highest BCUT2D eigenvalue weighted by Gasteiger charge is 2.28. The van der Waals surface area contributed by atoms with Gasteiger partial charge in [-0.3, -0.25) is 14.0 Å². The number of fused-ring (bicyclic) bond motifs is 1. The van der Waals surface area contributed by atoms with Gasteiger partial charge in [-0.2, -0.15) is 0 Å². The summed E-state index contributed by atoms with van der Waals surface area (Å²) in [4.78, 5) is 31.8. The summed E-state index contributed by atoms with van der Waals surface area (Å²) >= 11 is 1.57. The summed E-state index contributed by atoms with van der Waals surface area (Å²) < 4.78 is 6.91. The van der Waals surface area contributed by atoms with Crippen LogP contribution in [-0.4, -0.2) is 39.2 Å². The van der Waals surface area contributed by atoms with Crippen LogP contribution in [0.2, 0.25) is 0 Å². The summed E-state index contributed by atoms with van der Waals surface area (Å²) in [5.74, 6) is -0.0606. The van der Waals surface area contributed by atoms with Gasteiger partial charge in [0.25, 0.3) is 5.91 Å². The van der Waals surface area contributed by atoms with Crippen molar-refractivity contribution >= 4 is 28.1 Å². The number of likely N-dealkylation sites (tertiary alicyclic amines) is 1. The summed E-state index contributed by atoms with van der Waals surface area (Å²) in [5, 5.41) is 4.94. The van der Waals surface area contributed by atoms with Crippen LogP contribution in [-0.2, 0) is 11.3 Å². The van der Waals surface area contributed by atoms with Gasteiger partial charge >= 0.3 is 0 Å². The van der Waals surface area contributed by atoms with Crippen LogP contribution in [0.3, 0.4) is 0 Å². The molecule has 0 saturated carbocycles. The topological polar surface area (TPSA) is 79.9 Å². The summed E-state index contributed by atoms with van der Waals surface area (Å²) in [7, 11) is 0. The van der Waals surface area contributed by atoms with E-state index in [4.69, 9.17) is 4.42 Å². The molecule has 0 bridgehead atoms. The van der Waals surface area contributed by atoms with Gasteiger partial charge < -0.3 is 14.6 Å². The Morgan fingerprint density at radius 1 is 1.36 bits per heavy atom. The van der Waals surface area contributed by atoms with Crippen LogP contribution in [0.4, 0.5) is 0 Å². The molecule has 0 radical (unpaired) electrons. The zero-order chi connectivity index (χ0) is 17.2. The predicted molar refractivity (Wildman–Crippen MR) is 92.3 cm³/mol. The molecule has 8 heteroatoms. The van der Waals surface area contributed by atoms with Gasteiger partial charge in [-0.25, -0.2) is 4.98 Å². The minimum Gasteiger partial charge on any atom is -0.472 e. The van der Waals surface area contributed by atoms with E-state index in [9.17, 15) is 9.59 Å². The van der Waals surface area contributed by atoms with Crippen LogP contribution < -0.4 is 5.32 Å². The number of piperidine rings is 1.